The molecule has 0 spiro atoms. The first-order chi connectivity index (χ1) is 15.1. The van der Waals surface area contributed by atoms with Crippen LogP contribution in [0.1, 0.15) is 29.0 Å². The van der Waals surface area contributed by atoms with Crippen molar-refractivity contribution >= 4 is 49.0 Å². The van der Waals surface area contributed by atoms with Crippen LogP contribution in [0.15, 0.2) is 54.7 Å². The first-order valence-electron chi connectivity index (χ1n) is 11.2. The summed E-state index contributed by atoms with van der Waals surface area (Å²) < 4.78 is 10.6. The molecule has 1 atom stereocenters. The highest BCUT2D eigenvalue weighted by Gasteiger charge is 2.26. The summed E-state index contributed by atoms with van der Waals surface area (Å²) in [7, 11) is 2.18. The van der Waals surface area contributed by atoms with Crippen LogP contribution in [0.3, 0.4) is 0 Å². The number of aryl methyl sites for hydroxylation is 3. The molecule has 3 nitrogen and oxygen atoms in total. The highest BCUT2D eigenvalue weighted by molar-refractivity contribution is 6.26. The van der Waals surface area contributed by atoms with Crippen LogP contribution in [0.25, 0.3) is 49.0 Å². The van der Waals surface area contributed by atoms with Gasteiger partial charge in [-0.1, -0.05) is 24.3 Å². The third kappa shape index (κ3) is 2.14. The van der Waals surface area contributed by atoms with Crippen molar-refractivity contribution in [1.29, 1.82) is 0 Å². The number of nitrogens with zero attached hydrogens (tertiary/aromatic N) is 2. The summed E-state index contributed by atoms with van der Waals surface area (Å²) >= 11 is 0. The van der Waals surface area contributed by atoms with Gasteiger partial charge < -0.3 is 9.14 Å². The Kier molecular flexibility index (Phi) is 3.36. The fraction of sp³-hybridized carbons (Fsp3) is 0.250. The maximum absolute atomic E-state index is 5.74. The second kappa shape index (κ2) is 5.95. The third-order valence-electron chi connectivity index (χ3n) is 7.59. The van der Waals surface area contributed by atoms with E-state index in [1.165, 1.54) is 65.7 Å². The van der Waals surface area contributed by atoms with E-state index in [0.717, 1.165) is 19.6 Å². The molecule has 0 saturated carbocycles. The first-order valence-corrected chi connectivity index (χ1v) is 11.2. The summed E-state index contributed by atoms with van der Waals surface area (Å²) in [6.07, 6.45) is 3.33. The van der Waals surface area contributed by atoms with Crippen LogP contribution in [0.4, 0.5) is 0 Å². The fourth-order valence-electron chi connectivity index (χ4n) is 5.91. The van der Waals surface area contributed by atoms with Crippen molar-refractivity contribution < 1.29 is 9.30 Å². The van der Waals surface area contributed by atoms with Crippen LogP contribution in [-0.4, -0.2) is 17.6 Å². The molecule has 0 amide bonds. The molecule has 1 unspecified atom stereocenters. The molecule has 3 aromatic heterocycles. The molecule has 0 aliphatic carbocycles. The van der Waals surface area contributed by atoms with E-state index < -0.39 is 0 Å². The summed E-state index contributed by atoms with van der Waals surface area (Å²) in [4.78, 5) is 0. The standard InChI is InChI=1S/C28H25N2O/c1-16-12-22-21-6-4-5-7-23(21)30-24-14-20(19-9-11-31-15-19)13-18-8-10-29(3)28(26(18)24)25(17(16)2)27(22)30/h4-8,10,12-14,19H,9,11,15H2,1-3H3/q+1. The van der Waals surface area contributed by atoms with Crippen molar-refractivity contribution in [3.8, 4) is 0 Å². The van der Waals surface area contributed by atoms with Gasteiger partial charge in [0.25, 0.3) is 0 Å². The lowest BCUT2D eigenvalue weighted by Crippen LogP contribution is -2.29. The molecule has 7 rings (SSSR count). The van der Waals surface area contributed by atoms with Gasteiger partial charge in [0, 0.05) is 29.4 Å². The highest BCUT2D eigenvalue weighted by atomic mass is 16.5. The molecule has 1 aliphatic heterocycles. The molecule has 31 heavy (non-hydrogen) atoms. The van der Waals surface area contributed by atoms with Gasteiger partial charge in [0.15, 0.2) is 6.20 Å². The zero-order valence-electron chi connectivity index (χ0n) is 18.2. The van der Waals surface area contributed by atoms with E-state index in [9.17, 15) is 0 Å². The molecule has 4 heterocycles. The summed E-state index contributed by atoms with van der Waals surface area (Å²) in [6.45, 7) is 6.22. The lowest BCUT2D eigenvalue weighted by atomic mass is 9.92. The van der Waals surface area contributed by atoms with Crippen LogP contribution in [-0.2, 0) is 11.8 Å². The second-order valence-electron chi connectivity index (χ2n) is 9.28. The third-order valence-corrected chi connectivity index (χ3v) is 7.59. The number of hydrogen-bond acceptors (Lipinski definition) is 1. The molecule has 1 aliphatic rings. The first kappa shape index (κ1) is 17.5. The Bertz CT molecular complexity index is 1670. The smallest absolute Gasteiger partial charge is 0.224 e. The van der Waals surface area contributed by atoms with E-state index in [1.54, 1.807) is 0 Å². The number of fused-ring (bicyclic) bond motifs is 5. The number of benzene rings is 3. The number of hydrogen-bond donors (Lipinski definition) is 0. The van der Waals surface area contributed by atoms with Crippen molar-refractivity contribution in [2.24, 2.45) is 7.05 Å². The van der Waals surface area contributed by atoms with Gasteiger partial charge in [-0.25, -0.2) is 4.57 Å². The Labute approximate surface area is 180 Å². The quantitative estimate of drug-likeness (QED) is 0.188. The normalized spacial score (nSPS) is 17.3. The summed E-state index contributed by atoms with van der Waals surface area (Å²) in [5, 5.41) is 6.75. The van der Waals surface area contributed by atoms with Crippen molar-refractivity contribution in [1.82, 2.24) is 4.40 Å². The lowest BCUT2D eigenvalue weighted by Gasteiger charge is -2.16. The topological polar surface area (TPSA) is 17.5 Å². The van der Waals surface area contributed by atoms with Gasteiger partial charge in [-0.3, -0.25) is 0 Å². The molecule has 3 aromatic carbocycles. The largest absolute Gasteiger partial charge is 0.381 e. The average molecular weight is 406 g/mol. The van der Waals surface area contributed by atoms with Crippen LogP contribution in [0.2, 0.25) is 0 Å². The Morgan fingerprint density at radius 2 is 1.84 bits per heavy atom. The van der Waals surface area contributed by atoms with E-state index in [-0.39, 0.29) is 0 Å². The minimum absolute atomic E-state index is 0.483. The summed E-state index contributed by atoms with van der Waals surface area (Å²) in [5.41, 5.74) is 9.42. The Morgan fingerprint density at radius 3 is 2.68 bits per heavy atom. The summed E-state index contributed by atoms with van der Waals surface area (Å²) in [5.74, 6) is 0.483. The van der Waals surface area contributed by atoms with Crippen LogP contribution in [0, 0.1) is 13.8 Å². The molecule has 152 valence electrons. The van der Waals surface area contributed by atoms with Crippen molar-refractivity contribution in [2.75, 3.05) is 13.2 Å². The SMILES string of the molecule is Cc1cc2c3ccccc3n3c4cc(C5CCOC5)cc5cc[n+](C)c(c(c1C)c23)c54. The van der Waals surface area contributed by atoms with Crippen LogP contribution in [0.5, 0.6) is 0 Å². The highest BCUT2D eigenvalue weighted by Crippen LogP contribution is 2.42. The number of pyridine rings is 2. The zero-order chi connectivity index (χ0) is 20.9. The molecule has 1 fully saturated rings. The maximum atomic E-state index is 5.74. The predicted molar refractivity (Wildman–Crippen MR) is 127 cm³/mol. The molecule has 1 saturated heterocycles. The molecule has 6 aromatic rings. The lowest BCUT2D eigenvalue weighted by molar-refractivity contribution is -0.643. The second-order valence-corrected chi connectivity index (χ2v) is 9.28. The molecule has 3 heteroatoms. The van der Waals surface area contributed by atoms with Gasteiger partial charge in [0.2, 0.25) is 5.52 Å². The monoisotopic (exact) mass is 405 g/mol. The molecular weight excluding hydrogens is 380 g/mol. The number of aromatic nitrogens is 2. The van der Waals surface area contributed by atoms with Crippen molar-refractivity contribution in [3.63, 3.8) is 0 Å². The van der Waals surface area contributed by atoms with E-state index in [0.29, 0.717) is 5.92 Å². The minimum atomic E-state index is 0.483. The fourth-order valence-corrected chi connectivity index (χ4v) is 5.91. The van der Waals surface area contributed by atoms with Crippen molar-refractivity contribution in [2.45, 2.75) is 26.2 Å². The predicted octanol–water partition coefficient (Wildman–Crippen LogP) is 5.94. The number of ether oxygens (including phenoxy) is 1. The van der Waals surface area contributed by atoms with E-state index in [2.05, 4.69) is 84.6 Å². The van der Waals surface area contributed by atoms with Gasteiger partial charge in [-0.05, 0) is 60.5 Å². The van der Waals surface area contributed by atoms with Gasteiger partial charge in [0.1, 0.15) is 7.05 Å². The molecular formula is C28H25N2O+. The van der Waals surface area contributed by atoms with E-state index >= 15 is 0 Å². The van der Waals surface area contributed by atoms with Crippen molar-refractivity contribution in [3.05, 3.63) is 71.4 Å². The zero-order valence-corrected chi connectivity index (χ0v) is 18.2. The van der Waals surface area contributed by atoms with Crippen LogP contribution < -0.4 is 4.57 Å². The Hall–Kier alpha value is -3.17. The Morgan fingerprint density at radius 1 is 0.968 bits per heavy atom. The maximum Gasteiger partial charge on any atom is 0.224 e. The van der Waals surface area contributed by atoms with Crippen LogP contribution >= 0.6 is 0 Å². The average Bonchev–Trinajstić information content (AvgIpc) is 3.42. The molecule has 0 bridgehead atoms. The van der Waals surface area contributed by atoms with Gasteiger partial charge in [0.05, 0.1) is 33.9 Å². The summed E-state index contributed by atoms with van der Waals surface area (Å²) in [6, 6.07) is 18.4. The molecule has 0 radical (unpaired) electrons. The van der Waals surface area contributed by atoms with Gasteiger partial charge >= 0.3 is 0 Å². The van der Waals surface area contributed by atoms with E-state index in [1.807, 2.05) is 0 Å². The number of para-hydroxylation sites is 1. The van der Waals surface area contributed by atoms with Gasteiger partial charge in [-0.2, -0.15) is 0 Å². The van der Waals surface area contributed by atoms with E-state index in [4.69, 9.17) is 4.74 Å². The number of rotatable bonds is 1. The minimum Gasteiger partial charge on any atom is -0.381 e. The van der Waals surface area contributed by atoms with Gasteiger partial charge in [-0.15, -0.1) is 0 Å². The molecule has 0 N–H and O–H groups in total. The Balaban J connectivity index is 1.84.